The van der Waals surface area contributed by atoms with E-state index < -0.39 is 0 Å². The first-order valence-corrected chi connectivity index (χ1v) is 21.0. The molecule has 12 aromatic rings. The van der Waals surface area contributed by atoms with Crippen LogP contribution in [0.15, 0.2) is 224 Å². The van der Waals surface area contributed by atoms with Gasteiger partial charge in [-0.3, -0.25) is 4.57 Å². The van der Waals surface area contributed by atoms with Gasteiger partial charge in [-0.25, -0.2) is 4.98 Å². The monoisotopic (exact) mass is 791 g/mol. The van der Waals surface area contributed by atoms with Crippen LogP contribution in [0.2, 0.25) is 0 Å². The molecule has 0 N–H and O–H groups in total. The summed E-state index contributed by atoms with van der Waals surface area (Å²) in [6.07, 6.45) is 0. The van der Waals surface area contributed by atoms with Crippen LogP contribution in [0.25, 0.3) is 111 Å². The fourth-order valence-corrected chi connectivity index (χ4v) is 9.10. The first kappa shape index (κ1) is 35.5. The molecule has 0 fully saturated rings. The molecule has 0 atom stereocenters. The molecule has 0 amide bonds. The van der Waals surface area contributed by atoms with Crippen LogP contribution in [0.4, 0.5) is 0 Å². The highest BCUT2D eigenvalue weighted by molar-refractivity contribution is 6.29. The van der Waals surface area contributed by atoms with Crippen molar-refractivity contribution in [2.24, 2.45) is 0 Å². The van der Waals surface area contributed by atoms with E-state index in [1.54, 1.807) is 0 Å². The summed E-state index contributed by atoms with van der Waals surface area (Å²) in [5.74, 6) is 1.77. The lowest BCUT2D eigenvalue weighted by molar-refractivity contribution is 0.954. The molecule has 290 valence electrons. The van der Waals surface area contributed by atoms with Crippen LogP contribution >= 0.6 is 0 Å². The van der Waals surface area contributed by atoms with Crippen molar-refractivity contribution in [3.05, 3.63) is 224 Å². The molecule has 5 heteroatoms. The maximum atomic E-state index is 5.38. The molecule has 0 radical (unpaired) electrons. The van der Waals surface area contributed by atoms with Gasteiger partial charge in [-0.05, 0) is 58.1 Å². The van der Waals surface area contributed by atoms with Crippen LogP contribution < -0.4 is 0 Å². The lowest BCUT2D eigenvalue weighted by atomic mass is 9.98. The van der Waals surface area contributed by atoms with Crippen molar-refractivity contribution in [3.8, 4) is 67.8 Å². The third-order valence-electron chi connectivity index (χ3n) is 12.0. The second-order valence-electron chi connectivity index (χ2n) is 15.6. The Morgan fingerprint density at radius 1 is 0.290 bits per heavy atom. The van der Waals surface area contributed by atoms with Gasteiger partial charge >= 0.3 is 0 Å². The average molecular weight is 792 g/mol. The lowest BCUT2D eigenvalue weighted by Crippen LogP contribution is -2.07. The molecular formula is C57H37N5. The van der Waals surface area contributed by atoms with Crippen LogP contribution in [-0.2, 0) is 0 Å². The summed E-state index contributed by atoms with van der Waals surface area (Å²) in [6.45, 7) is 0. The number of nitrogens with zero attached hydrogens (tertiary/aromatic N) is 5. The first-order chi connectivity index (χ1) is 30.8. The zero-order chi connectivity index (χ0) is 41.0. The van der Waals surface area contributed by atoms with Gasteiger partial charge < -0.3 is 4.57 Å². The number of fused-ring (bicyclic) bond motifs is 7. The van der Waals surface area contributed by atoms with Gasteiger partial charge in [-0.2, -0.15) is 9.97 Å². The highest BCUT2D eigenvalue weighted by Gasteiger charge is 2.26. The standard InChI is InChI=1S/C57H37N5/c1-5-17-38(18-6-1)40-29-31-44(32-30-40)56-58-55(43-23-11-4-12-24-43)59-57(60-56)62-51-28-16-14-26-47(51)52-53(62)48(42-21-9-3-10-22-42)37-49-46-25-13-15-27-50(46)61(54(49)52)45-35-33-41(34-36-45)39-19-7-2-8-20-39/h1-37H. The summed E-state index contributed by atoms with van der Waals surface area (Å²) in [5.41, 5.74) is 14.1. The number of hydrogen-bond donors (Lipinski definition) is 0. The molecule has 0 aliphatic heterocycles. The van der Waals surface area contributed by atoms with Gasteiger partial charge in [0.05, 0.1) is 22.1 Å². The van der Waals surface area contributed by atoms with Crippen LogP contribution in [-0.4, -0.2) is 24.1 Å². The van der Waals surface area contributed by atoms with Crippen LogP contribution in [0.1, 0.15) is 0 Å². The maximum absolute atomic E-state index is 5.38. The molecule has 0 saturated heterocycles. The molecule has 0 aliphatic carbocycles. The Bertz CT molecular complexity index is 3580. The second-order valence-corrected chi connectivity index (χ2v) is 15.6. The van der Waals surface area contributed by atoms with E-state index >= 15 is 0 Å². The van der Waals surface area contributed by atoms with E-state index in [2.05, 4.69) is 209 Å². The minimum absolute atomic E-state index is 0.554. The van der Waals surface area contributed by atoms with Crippen molar-refractivity contribution in [1.82, 2.24) is 24.1 Å². The Kier molecular flexibility index (Phi) is 8.42. The van der Waals surface area contributed by atoms with Gasteiger partial charge in [0.25, 0.3) is 0 Å². The summed E-state index contributed by atoms with van der Waals surface area (Å²) < 4.78 is 4.71. The van der Waals surface area contributed by atoms with Crippen molar-refractivity contribution >= 4 is 43.6 Å². The molecule has 5 nitrogen and oxygen atoms in total. The third kappa shape index (κ3) is 5.90. The van der Waals surface area contributed by atoms with Crippen LogP contribution in [0, 0.1) is 0 Å². The van der Waals surface area contributed by atoms with E-state index in [-0.39, 0.29) is 0 Å². The topological polar surface area (TPSA) is 48.5 Å². The highest BCUT2D eigenvalue weighted by atomic mass is 15.2. The summed E-state index contributed by atoms with van der Waals surface area (Å²) in [5, 5.41) is 4.63. The van der Waals surface area contributed by atoms with Gasteiger partial charge in [-0.15, -0.1) is 0 Å². The quantitative estimate of drug-likeness (QED) is 0.162. The average Bonchev–Trinajstić information content (AvgIpc) is 3.88. The predicted molar refractivity (Wildman–Crippen MR) is 256 cm³/mol. The molecule has 0 saturated carbocycles. The Morgan fingerprint density at radius 2 is 0.710 bits per heavy atom. The van der Waals surface area contributed by atoms with Gasteiger partial charge in [0.2, 0.25) is 5.95 Å². The van der Waals surface area contributed by atoms with Crippen molar-refractivity contribution in [2.75, 3.05) is 0 Å². The summed E-state index contributed by atoms with van der Waals surface area (Å²) in [4.78, 5) is 15.9. The SMILES string of the molecule is c1ccc(-c2ccc(-c3nc(-c4ccccc4)nc(-n4c5ccccc5c5c4c(-c4ccccc4)cc4c6ccccc6n(-c6ccc(-c7ccccc7)cc6)c45)n3)cc2)cc1. The van der Waals surface area contributed by atoms with Gasteiger partial charge in [0.15, 0.2) is 11.6 Å². The first-order valence-electron chi connectivity index (χ1n) is 21.0. The molecule has 0 bridgehead atoms. The Morgan fingerprint density at radius 3 is 1.29 bits per heavy atom. The zero-order valence-electron chi connectivity index (χ0n) is 33.6. The molecule has 3 heterocycles. The second kappa shape index (κ2) is 14.7. The van der Waals surface area contributed by atoms with Crippen molar-refractivity contribution in [3.63, 3.8) is 0 Å². The number of rotatable bonds is 7. The molecule has 3 aromatic heterocycles. The van der Waals surface area contributed by atoms with E-state index in [9.17, 15) is 0 Å². The van der Waals surface area contributed by atoms with Crippen molar-refractivity contribution < 1.29 is 0 Å². The molecule has 12 rings (SSSR count). The minimum atomic E-state index is 0.554. The van der Waals surface area contributed by atoms with Gasteiger partial charge in [0.1, 0.15) is 0 Å². The number of benzene rings is 9. The number of para-hydroxylation sites is 2. The van der Waals surface area contributed by atoms with E-state index in [1.807, 2.05) is 24.3 Å². The Labute approximate surface area is 358 Å². The van der Waals surface area contributed by atoms with E-state index in [4.69, 9.17) is 15.0 Å². The third-order valence-corrected chi connectivity index (χ3v) is 12.0. The van der Waals surface area contributed by atoms with Gasteiger partial charge in [0, 0.05) is 43.9 Å². The molecule has 0 spiro atoms. The molecular weight excluding hydrogens is 755 g/mol. The number of hydrogen-bond acceptors (Lipinski definition) is 3. The Balaban J connectivity index is 1.18. The molecule has 9 aromatic carbocycles. The Hall–Kier alpha value is -8.41. The fourth-order valence-electron chi connectivity index (χ4n) is 9.10. The lowest BCUT2D eigenvalue weighted by Gasteiger charge is -2.15. The molecule has 0 aliphatic rings. The molecule has 0 unspecified atom stereocenters. The normalized spacial score (nSPS) is 11.5. The maximum Gasteiger partial charge on any atom is 0.238 e. The zero-order valence-corrected chi connectivity index (χ0v) is 33.6. The predicted octanol–water partition coefficient (Wildman–Crippen LogP) is 14.4. The minimum Gasteiger partial charge on any atom is -0.309 e. The summed E-state index contributed by atoms with van der Waals surface area (Å²) >= 11 is 0. The van der Waals surface area contributed by atoms with Crippen molar-refractivity contribution in [1.29, 1.82) is 0 Å². The number of aromatic nitrogens is 5. The summed E-state index contributed by atoms with van der Waals surface area (Å²) in [6, 6.07) is 79.2. The van der Waals surface area contributed by atoms with E-state index in [1.165, 1.54) is 21.9 Å². The largest absolute Gasteiger partial charge is 0.309 e. The fraction of sp³-hybridized carbons (Fsp3) is 0. The molecule has 62 heavy (non-hydrogen) atoms. The smallest absolute Gasteiger partial charge is 0.238 e. The summed E-state index contributed by atoms with van der Waals surface area (Å²) in [7, 11) is 0. The van der Waals surface area contributed by atoms with E-state index in [0.717, 1.165) is 71.9 Å². The van der Waals surface area contributed by atoms with Crippen LogP contribution in [0.5, 0.6) is 0 Å². The van der Waals surface area contributed by atoms with Crippen LogP contribution in [0.3, 0.4) is 0 Å². The van der Waals surface area contributed by atoms with E-state index in [0.29, 0.717) is 17.6 Å². The highest BCUT2D eigenvalue weighted by Crippen LogP contribution is 2.46. The van der Waals surface area contributed by atoms with Crippen molar-refractivity contribution in [2.45, 2.75) is 0 Å². The van der Waals surface area contributed by atoms with Gasteiger partial charge in [-0.1, -0.05) is 194 Å².